The predicted octanol–water partition coefficient (Wildman–Crippen LogP) is 3.69. The average Bonchev–Trinajstić information content (AvgIpc) is 2.72. The largest absolute Gasteiger partial charge is 0.357 e. The molecule has 0 saturated carbocycles. The lowest BCUT2D eigenvalue weighted by molar-refractivity contribution is 0.0956. The van der Waals surface area contributed by atoms with Crippen molar-refractivity contribution in [2.24, 2.45) is 4.99 Å². The third-order valence-electron chi connectivity index (χ3n) is 4.23. The van der Waals surface area contributed by atoms with Crippen molar-refractivity contribution >= 4 is 23.6 Å². The fourth-order valence-corrected chi connectivity index (χ4v) is 3.35. The summed E-state index contributed by atoms with van der Waals surface area (Å²) in [5.74, 6) is 1.17. The van der Waals surface area contributed by atoms with Gasteiger partial charge < -0.3 is 16.0 Å². The van der Waals surface area contributed by atoms with Gasteiger partial charge in [0.25, 0.3) is 5.91 Å². The lowest BCUT2D eigenvalue weighted by Gasteiger charge is -2.14. The lowest BCUT2D eigenvalue weighted by Crippen LogP contribution is -2.37. The number of benzene rings is 2. The van der Waals surface area contributed by atoms with Crippen molar-refractivity contribution in [2.75, 3.05) is 19.3 Å². The molecule has 156 valence electrons. The van der Waals surface area contributed by atoms with Gasteiger partial charge >= 0.3 is 0 Å². The van der Waals surface area contributed by atoms with Crippen molar-refractivity contribution in [3.63, 3.8) is 0 Å². The number of aliphatic imine (C=N–C) groups is 1. The third kappa shape index (κ3) is 7.42. The van der Waals surface area contributed by atoms with Crippen LogP contribution in [-0.2, 0) is 18.8 Å². The Labute approximate surface area is 176 Å². The first kappa shape index (κ1) is 22.7. The highest BCUT2D eigenvalue weighted by atomic mass is 32.2. The molecule has 2 aromatic rings. The second-order valence-electron chi connectivity index (χ2n) is 6.45. The topological polar surface area (TPSA) is 65.5 Å². The summed E-state index contributed by atoms with van der Waals surface area (Å²) in [5.41, 5.74) is 3.70. The zero-order valence-electron chi connectivity index (χ0n) is 17.2. The summed E-state index contributed by atoms with van der Waals surface area (Å²) in [6.45, 7) is 6.31. The van der Waals surface area contributed by atoms with Gasteiger partial charge in [-0.25, -0.2) is 9.38 Å². The lowest BCUT2D eigenvalue weighted by atomic mass is 10.1. The number of amides is 1. The van der Waals surface area contributed by atoms with E-state index >= 15 is 0 Å². The third-order valence-corrected chi connectivity index (χ3v) is 4.83. The molecule has 2 aromatic carbocycles. The molecule has 7 heteroatoms. The molecule has 3 N–H and O–H groups in total. The first-order valence-corrected chi connectivity index (χ1v) is 11.1. The molecule has 1 amide bonds. The molecule has 0 bridgehead atoms. The number of nitrogens with zero attached hydrogens (tertiary/aromatic N) is 1. The van der Waals surface area contributed by atoms with Crippen molar-refractivity contribution in [2.45, 2.75) is 32.7 Å². The van der Waals surface area contributed by atoms with E-state index in [1.807, 2.05) is 50.4 Å². The number of guanidine groups is 1. The maximum atomic E-state index is 13.5. The standard InChI is InChI=1S/C22H29FN4OS/c1-4-24-21(28)17-8-6-16(7-9-17)13-26-22(25-5-2)27-14-18-10-11-20(23)12-19(18)15-29-3/h6-12H,4-5,13-15H2,1-3H3,(H,24,28)(H2,25,26,27). The Morgan fingerprint density at radius 2 is 1.72 bits per heavy atom. The normalized spacial score (nSPS) is 11.2. The van der Waals surface area contributed by atoms with E-state index in [1.54, 1.807) is 17.8 Å². The van der Waals surface area contributed by atoms with Crippen LogP contribution in [0.15, 0.2) is 47.5 Å². The monoisotopic (exact) mass is 416 g/mol. The molecule has 0 aliphatic rings. The van der Waals surface area contributed by atoms with Crippen LogP contribution < -0.4 is 16.0 Å². The zero-order chi connectivity index (χ0) is 21.1. The summed E-state index contributed by atoms with van der Waals surface area (Å²) in [4.78, 5) is 16.5. The van der Waals surface area contributed by atoms with Crippen molar-refractivity contribution in [3.8, 4) is 0 Å². The highest BCUT2D eigenvalue weighted by molar-refractivity contribution is 7.97. The minimum Gasteiger partial charge on any atom is -0.357 e. The van der Waals surface area contributed by atoms with Crippen LogP contribution in [0.1, 0.15) is 40.9 Å². The van der Waals surface area contributed by atoms with Crippen molar-refractivity contribution in [1.29, 1.82) is 0 Å². The van der Waals surface area contributed by atoms with Gasteiger partial charge in [-0.1, -0.05) is 18.2 Å². The number of carbonyl (C=O) groups is 1. The molecule has 0 saturated heterocycles. The van der Waals surface area contributed by atoms with E-state index in [0.717, 1.165) is 29.0 Å². The van der Waals surface area contributed by atoms with Gasteiger partial charge in [-0.05, 0) is 61.1 Å². The van der Waals surface area contributed by atoms with E-state index in [2.05, 4.69) is 20.9 Å². The number of hydrogen-bond donors (Lipinski definition) is 3. The van der Waals surface area contributed by atoms with Crippen LogP contribution in [-0.4, -0.2) is 31.2 Å². The summed E-state index contributed by atoms with van der Waals surface area (Å²) >= 11 is 1.67. The highest BCUT2D eigenvalue weighted by Gasteiger charge is 2.06. The molecule has 0 unspecified atom stereocenters. The van der Waals surface area contributed by atoms with Crippen LogP contribution in [0.3, 0.4) is 0 Å². The first-order valence-electron chi connectivity index (χ1n) is 9.72. The van der Waals surface area contributed by atoms with Gasteiger partial charge in [-0.15, -0.1) is 0 Å². The molecule has 0 heterocycles. The summed E-state index contributed by atoms with van der Waals surface area (Å²) < 4.78 is 13.5. The molecule has 2 rings (SSSR count). The van der Waals surface area contributed by atoms with Crippen molar-refractivity contribution in [1.82, 2.24) is 16.0 Å². The number of nitrogens with one attached hydrogen (secondary N) is 3. The summed E-state index contributed by atoms with van der Waals surface area (Å²) in [6, 6.07) is 12.3. The zero-order valence-corrected chi connectivity index (χ0v) is 18.0. The Kier molecular flexibility index (Phi) is 9.50. The molecular formula is C22H29FN4OS. The molecule has 0 aliphatic carbocycles. The number of rotatable bonds is 9. The number of hydrogen-bond acceptors (Lipinski definition) is 3. The van der Waals surface area contributed by atoms with E-state index < -0.39 is 0 Å². The van der Waals surface area contributed by atoms with Crippen LogP contribution in [0.25, 0.3) is 0 Å². The maximum Gasteiger partial charge on any atom is 0.251 e. The molecule has 0 aliphatic heterocycles. The second-order valence-corrected chi connectivity index (χ2v) is 7.32. The predicted molar refractivity (Wildman–Crippen MR) is 120 cm³/mol. The van der Waals surface area contributed by atoms with Crippen molar-refractivity contribution in [3.05, 3.63) is 70.5 Å². The second kappa shape index (κ2) is 12.1. The van der Waals surface area contributed by atoms with E-state index in [-0.39, 0.29) is 11.7 Å². The van der Waals surface area contributed by atoms with Gasteiger partial charge in [0, 0.05) is 31.0 Å². The molecule has 0 spiro atoms. The highest BCUT2D eigenvalue weighted by Crippen LogP contribution is 2.16. The van der Waals surface area contributed by atoms with Gasteiger partial charge in [0.2, 0.25) is 0 Å². The molecular weight excluding hydrogens is 387 g/mol. The number of halogens is 1. The average molecular weight is 417 g/mol. The van der Waals surface area contributed by atoms with Gasteiger partial charge in [-0.2, -0.15) is 11.8 Å². The molecule has 29 heavy (non-hydrogen) atoms. The number of carbonyl (C=O) groups excluding carboxylic acids is 1. The Morgan fingerprint density at radius 1 is 1.00 bits per heavy atom. The quantitative estimate of drug-likeness (QED) is 0.431. The molecule has 0 atom stereocenters. The van der Waals surface area contributed by atoms with Crippen LogP contribution in [0.2, 0.25) is 0 Å². The Balaban J connectivity index is 2.02. The first-order chi connectivity index (χ1) is 14.1. The minimum atomic E-state index is -0.213. The molecule has 0 fully saturated rings. The van der Waals surface area contributed by atoms with E-state index in [4.69, 9.17) is 0 Å². The van der Waals surface area contributed by atoms with Crippen LogP contribution in [0.4, 0.5) is 4.39 Å². The molecule has 5 nitrogen and oxygen atoms in total. The number of thioether (sulfide) groups is 1. The molecule has 0 aromatic heterocycles. The SMILES string of the molecule is CCNC(=O)c1ccc(CN=C(NCC)NCc2ccc(F)cc2CSC)cc1. The summed E-state index contributed by atoms with van der Waals surface area (Å²) in [7, 11) is 0. The smallest absolute Gasteiger partial charge is 0.251 e. The van der Waals surface area contributed by atoms with Gasteiger partial charge in [-0.3, -0.25) is 4.79 Å². The Morgan fingerprint density at radius 3 is 2.38 bits per heavy atom. The van der Waals surface area contributed by atoms with E-state index in [9.17, 15) is 9.18 Å². The van der Waals surface area contributed by atoms with Gasteiger partial charge in [0.15, 0.2) is 5.96 Å². The summed E-state index contributed by atoms with van der Waals surface area (Å²) in [6.07, 6.45) is 2.00. The van der Waals surface area contributed by atoms with Crippen LogP contribution >= 0.6 is 11.8 Å². The fraction of sp³-hybridized carbons (Fsp3) is 0.364. The maximum absolute atomic E-state index is 13.5. The van der Waals surface area contributed by atoms with Gasteiger partial charge in [0.1, 0.15) is 5.82 Å². The Hall–Kier alpha value is -2.54. The van der Waals surface area contributed by atoms with E-state index in [0.29, 0.717) is 31.2 Å². The van der Waals surface area contributed by atoms with Crippen LogP contribution in [0.5, 0.6) is 0 Å². The van der Waals surface area contributed by atoms with Crippen LogP contribution in [0, 0.1) is 5.82 Å². The fourth-order valence-electron chi connectivity index (χ4n) is 2.77. The molecule has 0 radical (unpaired) electrons. The van der Waals surface area contributed by atoms with Crippen molar-refractivity contribution < 1.29 is 9.18 Å². The van der Waals surface area contributed by atoms with Gasteiger partial charge in [0.05, 0.1) is 6.54 Å². The Bertz CT molecular complexity index is 824. The van der Waals surface area contributed by atoms with E-state index in [1.165, 1.54) is 6.07 Å². The minimum absolute atomic E-state index is 0.0714. The summed E-state index contributed by atoms with van der Waals surface area (Å²) in [5, 5.41) is 9.33.